The zero-order valence-corrected chi connectivity index (χ0v) is 18.2. The summed E-state index contributed by atoms with van der Waals surface area (Å²) in [4.78, 5) is 27.7. The number of carbonyl (C=O) groups is 1. The number of rotatable bonds is 8. The van der Waals surface area contributed by atoms with Gasteiger partial charge in [0.1, 0.15) is 5.69 Å². The molecule has 2 aromatic carbocycles. The lowest BCUT2D eigenvalue weighted by atomic mass is 10.1. The fraction of sp³-hybridized carbons (Fsp3) is 0.160. The molecule has 1 amide bonds. The van der Waals surface area contributed by atoms with Gasteiger partial charge in [-0.25, -0.2) is 4.68 Å². The number of amides is 1. The highest BCUT2D eigenvalue weighted by molar-refractivity contribution is 5.96. The molecule has 0 radical (unpaired) electrons. The van der Waals surface area contributed by atoms with Gasteiger partial charge in [0, 0.05) is 53.9 Å². The third kappa shape index (κ3) is 4.63. The SMILES string of the molecule is O=C(NC1CC1)c1ccc(NCc2cn(-c3ccccc3)nc2-c2ccncc2)c([N+](=O)[O-])c1. The van der Waals surface area contributed by atoms with Gasteiger partial charge in [-0.15, -0.1) is 0 Å². The van der Waals surface area contributed by atoms with E-state index in [4.69, 9.17) is 5.10 Å². The highest BCUT2D eigenvalue weighted by atomic mass is 16.6. The van der Waals surface area contributed by atoms with Crippen molar-refractivity contribution in [3.05, 3.63) is 100 Å². The van der Waals surface area contributed by atoms with Crippen molar-refractivity contribution in [2.24, 2.45) is 0 Å². The molecule has 1 fully saturated rings. The second kappa shape index (κ2) is 9.14. The van der Waals surface area contributed by atoms with Crippen molar-refractivity contribution >= 4 is 17.3 Å². The topological polar surface area (TPSA) is 115 Å². The number of benzene rings is 2. The minimum Gasteiger partial charge on any atom is -0.375 e. The number of hydrogen-bond acceptors (Lipinski definition) is 6. The normalized spacial score (nSPS) is 12.8. The molecule has 2 aromatic heterocycles. The first-order valence-corrected chi connectivity index (χ1v) is 11.0. The Morgan fingerprint density at radius 2 is 1.85 bits per heavy atom. The van der Waals surface area contributed by atoms with E-state index >= 15 is 0 Å². The van der Waals surface area contributed by atoms with Crippen molar-refractivity contribution in [2.45, 2.75) is 25.4 Å². The van der Waals surface area contributed by atoms with Crippen LogP contribution in [0.3, 0.4) is 0 Å². The second-order valence-electron chi connectivity index (χ2n) is 8.11. The maximum absolute atomic E-state index is 12.3. The predicted octanol–water partition coefficient (Wildman–Crippen LogP) is 4.35. The smallest absolute Gasteiger partial charge is 0.293 e. The van der Waals surface area contributed by atoms with E-state index in [9.17, 15) is 14.9 Å². The van der Waals surface area contributed by atoms with Gasteiger partial charge in [0.25, 0.3) is 11.6 Å². The fourth-order valence-electron chi connectivity index (χ4n) is 3.67. The zero-order chi connectivity index (χ0) is 23.5. The highest BCUT2D eigenvalue weighted by Gasteiger charge is 2.25. The Labute approximate surface area is 195 Å². The molecule has 0 spiro atoms. The molecule has 170 valence electrons. The summed E-state index contributed by atoms with van der Waals surface area (Å²) in [5.41, 5.74) is 3.87. The Bertz CT molecular complexity index is 1330. The van der Waals surface area contributed by atoms with Gasteiger partial charge in [-0.05, 0) is 49.2 Å². The number of pyridine rings is 1. The van der Waals surface area contributed by atoms with E-state index in [1.807, 2.05) is 48.7 Å². The summed E-state index contributed by atoms with van der Waals surface area (Å²) in [5, 5.41) is 22.5. The number of nitro groups is 1. The summed E-state index contributed by atoms with van der Waals surface area (Å²) in [5.74, 6) is -0.290. The number of hydrogen-bond donors (Lipinski definition) is 2. The third-order valence-corrected chi connectivity index (χ3v) is 5.60. The predicted molar refractivity (Wildman–Crippen MR) is 128 cm³/mol. The van der Waals surface area contributed by atoms with Gasteiger partial charge in [-0.1, -0.05) is 18.2 Å². The Balaban J connectivity index is 1.43. The lowest BCUT2D eigenvalue weighted by Crippen LogP contribution is -2.25. The molecule has 2 heterocycles. The van der Waals surface area contributed by atoms with Crippen LogP contribution in [-0.2, 0) is 6.54 Å². The van der Waals surface area contributed by atoms with Gasteiger partial charge in [0.05, 0.1) is 16.3 Å². The summed E-state index contributed by atoms with van der Waals surface area (Å²) in [6.45, 7) is 0.305. The summed E-state index contributed by atoms with van der Waals surface area (Å²) >= 11 is 0. The van der Waals surface area contributed by atoms with E-state index < -0.39 is 4.92 Å². The molecule has 1 aliphatic rings. The van der Waals surface area contributed by atoms with Crippen molar-refractivity contribution in [1.29, 1.82) is 0 Å². The number of carbonyl (C=O) groups excluding carboxylic acids is 1. The maximum atomic E-state index is 12.3. The quantitative estimate of drug-likeness (QED) is 0.302. The number of anilines is 1. The van der Waals surface area contributed by atoms with Crippen molar-refractivity contribution in [3.8, 4) is 16.9 Å². The van der Waals surface area contributed by atoms with Crippen LogP contribution in [0.2, 0.25) is 0 Å². The second-order valence-corrected chi connectivity index (χ2v) is 8.11. The molecular formula is C25H22N6O3. The first-order valence-electron chi connectivity index (χ1n) is 11.0. The molecule has 0 aliphatic heterocycles. The highest BCUT2D eigenvalue weighted by Crippen LogP contribution is 2.29. The summed E-state index contributed by atoms with van der Waals surface area (Å²) in [7, 11) is 0. The van der Waals surface area contributed by atoms with Gasteiger partial charge in [-0.3, -0.25) is 19.9 Å². The molecule has 9 nitrogen and oxygen atoms in total. The Morgan fingerprint density at radius 3 is 2.56 bits per heavy atom. The Hall–Kier alpha value is -4.53. The van der Waals surface area contributed by atoms with E-state index in [0.717, 1.165) is 35.3 Å². The van der Waals surface area contributed by atoms with E-state index in [-0.39, 0.29) is 23.2 Å². The van der Waals surface area contributed by atoms with Crippen molar-refractivity contribution in [3.63, 3.8) is 0 Å². The minimum atomic E-state index is -0.479. The molecule has 4 aromatic rings. The van der Waals surface area contributed by atoms with Crippen molar-refractivity contribution in [1.82, 2.24) is 20.1 Å². The number of nitrogens with zero attached hydrogens (tertiary/aromatic N) is 4. The molecule has 0 atom stereocenters. The Morgan fingerprint density at radius 1 is 1.09 bits per heavy atom. The van der Waals surface area contributed by atoms with E-state index in [0.29, 0.717) is 12.2 Å². The Kier molecular flexibility index (Phi) is 5.73. The summed E-state index contributed by atoms with van der Waals surface area (Å²) < 4.78 is 1.78. The van der Waals surface area contributed by atoms with Crippen LogP contribution in [0.1, 0.15) is 28.8 Å². The van der Waals surface area contributed by atoms with Crippen molar-refractivity contribution in [2.75, 3.05) is 5.32 Å². The maximum Gasteiger partial charge on any atom is 0.293 e. The summed E-state index contributed by atoms with van der Waals surface area (Å²) in [6, 6.07) is 18.1. The van der Waals surface area contributed by atoms with Gasteiger partial charge in [0.15, 0.2) is 0 Å². The molecule has 0 bridgehead atoms. The monoisotopic (exact) mass is 454 g/mol. The van der Waals surface area contributed by atoms with E-state index in [1.54, 1.807) is 29.2 Å². The molecule has 34 heavy (non-hydrogen) atoms. The third-order valence-electron chi connectivity index (χ3n) is 5.60. The fourth-order valence-corrected chi connectivity index (χ4v) is 3.67. The lowest BCUT2D eigenvalue weighted by molar-refractivity contribution is -0.384. The number of aromatic nitrogens is 3. The van der Waals surface area contributed by atoms with Crippen LogP contribution in [0, 0.1) is 10.1 Å². The van der Waals surface area contributed by atoms with Crippen LogP contribution < -0.4 is 10.6 Å². The van der Waals surface area contributed by atoms with Crippen LogP contribution in [0.5, 0.6) is 0 Å². The lowest BCUT2D eigenvalue weighted by Gasteiger charge is -2.09. The molecule has 1 saturated carbocycles. The van der Waals surface area contributed by atoms with Crippen LogP contribution in [0.15, 0.2) is 79.3 Å². The molecular weight excluding hydrogens is 432 g/mol. The number of nitrogens with one attached hydrogen (secondary N) is 2. The first-order chi connectivity index (χ1) is 16.6. The van der Waals surface area contributed by atoms with Crippen LogP contribution in [-0.4, -0.2) is 31.6 Å². The average Bonchev–Trinajstić information content (AvgIpc) is 3.58. The minimum absolute atomic E-state index is 0.149. The molecule has 0 unspecified atom stereocenters. The average molecular weight is 454 g/mol. The van der Waals surface area contributed by atoms with Crippen LogP contribution >= 0.6 is 0 Å². The first kappa shape index (κ1) is 21.3. The molecule has 2 N–H and O–H groups in total. The van der Waals surface area contributed by atoms with Crippen LogP contribution in [0.25, 0.3) is 16.9 Å². The van der Waals surface area contributed by atoms with Crippen LogP contribution in [0.4, 0.5) is 11.4 Å². The van der Waals surface area contributed by atoms with E-state index in [2.05, 4.69) is 15.6 Å². The number of nitro benzene ring substituents is 1. The molecule has 9 heteroatoms. The molecule has 0 saturated heterocycles. The standard InChI is InChI=1S/C25H22N6O3/c32-25(28-20-7-8-20)18-6-9-22(23(14-18)31(33)34)27-15-19-16-30(21-4-2-1-3-5-21)29-24(19)17-10-12-26-13-11-17/h1-6,9-14,16,20,27H,7-8,15H2,(H,28,32). The largest absolute Gasteiger partial charge is 0.375 e. The molecule has 1 aliphatic carbocycles. The molecule has 5 rings (SSSR count). The van der Waals surface area contributed by atoms with Crippen molar-refractivity contribution < 1.29 is 9.72 Å². The van der Waals surface area contributed by atoms with Gasteiger partial charge in [0.2, 0.25) is 0 Å². The van der Waals surface area contributed by atoms with Gasteiger partial charge in [-0.2, -0.15) is 5.10 Å². The number of para-hydroxylation sites is 1. The van der Waals surface area contributed by atoms with E-state index in [1.165, 1.54) is 6.07 Å². The summed E-state index contributed by atoms with van der Waals surface area (Å²) in [6.07, 6.45) is 7.20. The zero-order valence-electron chi connectivity index (χ0n) is 18.2. The van der Waals surface area contributed by atoms with Gasteiger partial charge < -0.3 is 10.6 Å². The van der Waals surface area contributed by atoms with Gasteiger partial charge >= 0.3 is 0 Å².